The predicted octanol–water partition coefficient (Wildman–Crippen LogP) is 5.22. The van der Waals surface area contributed by atoms with Crippen molar-refractivity contribution in [2.24, 2.45) is 11.7 Å². The van der Waals surface area contributed by atoms with E-state index in [0.29, 0.717) is 19.6 Å². The van der Waals surface area contributed by atoms with Gasteiger partial charge in [-0.25, -0.2) is 9.78 Å². The molecule has 11 nitrogen and oxygen atoms in total. The lowest BCUT2D eigenvalue weighted by Gasteiger charge is -2.39. The highest BCUT2D eigenvalue weighted by atomic mass is 33.1. The molecule has 1 aromatic rings. The molecule has 1 spiro atoms. The van der Waals surface area contributed by atoms with Gasteiger partial charge in [0.1, 0.15) is 11.1 Å². The molecule has 3 aliphatic heterocycles. The van der Waals surface area contributed by atoms with Crippen LogP contribution < -0.4 is 11.1 Å². The van der Waals surface area contributed by atoms with E-state index in [4.69, 9.17) is 24.7 Å². The minimum atomic E-state index is -0.557. The maximum absolute atomic E-state index is 12.7. The molecule has 0 bridgehead atoms. The van der Waals surface area contributed by atoms with Gasteiger partial charge in [-0.2, -0.15) is 0 Å². The summed E-state index contributed by atoms with van der Waals surface area (Å²) in [6.45, 7) is 9.13. The summed E-state index contributed by atoms with van der Waals surface area (Å²) in [4.78, 5) is 42.4. The third kappa shape index (κ3) is 12.6. The van der Waals surface area contributed by atoms with Crippen LogP contribution in [-0.4, -0.2) is 95.9 Å². The molecule has 3 fully saturated rings. The molecule has 13 heteroatoms. The number of nitrogens with one attached hydrogen (secondary N) is 1. The highest BCUT2D eigenvalue weighted by molar-refractivity contribution is 8.76. The van der Waals surface area contributed by atoms with Gasteiger partial charge in [0.25, 0.3) is 0 Å². The van der Waals surface area contributed by atoms with Gasteiger partial charge in [0.15, 0.2) is 0 Å². The molecule has 0 radical (unpaired) electrons. The minimum absolute atomic E-state index is 0.0319. The summed E-state index contributed by atoms with van der Waals surface area (Å²) in [5.74, 6) is 0.353. The molecular formula is C35H50N4O7S2. The van der Waals surface area contributed by atoms with Gasteiger partial charge in [0.05, 0.1) is 49.1 Å². The second-order valence-electron chi connectivity index (χ2n) is 13.0. The molecule has 3 aliphatic rings. The van der Waals surface area contributed by atoms with E-state index in [2.05, 4.69) is 36.3 Å². The average molecular weight is 703 g/mol. The number of primary amides is 1. The van der Waals surface area contributed by atoms with E-state index in [-0.39, 0.29) is 60.2 Å². The van der Waals surface area contributed by atoms with Gasteiger partial charge in [-0.15, -0.1) is 0 Å². The second-order valence-corrected chi connectivity index (χ2v) is 15.5. The Balaban J connectivity index is 1.14. The zero-order valence-corrected chi connectivity index (χ0v) is 30.2. The molecule has 4 heterocycles. The largest absolute Gasteiger partial charge is 0.442 e. The van der Waals surface area contributed by atoms with Gasteiger partial charge in [0, 0.05) is 44.5 Å². The number of hydrogen-bond donors (Lipinski definition) is 2. The van der Waals surface area contributed by atoms with E-state index in [1.54, 1.807) is 47.8 Å². The maximum Gasteiger partial charge on any atom is 0.410 e. The van der Waals surface area contributed by atoms with Crippen molar-refractivity contribution in [3.8, 4) is 0 Å². The molecule has 8 atom stereocenters. The first-order valence-corrected chi connectivity index (χ1v) is 18.9. The van der Waals surface area contributed by atoms with Gasteiger partial charge in [-0.3, -0.25) is 9.59 Å². The number of allylic oxidation sites excluding steroid dienone is 2. The lowest BCUT2D eigenvalue weighted by atomic mass is 9.88. The number of rotatable bonds is 15. The van der Waals surface area contributed by atoms with Crippen LogP contribution in [0.1, 0.15) is 59.8 Å². The molecule has 0 unspecified atom stereocenters. The fourth-order valence-corrected chi connectivity index (χ4v) is 7.77. The van der Waals surface area contributed by atoms with Crippen LogP contribution in [0.4, 0.5) is 4.79 Å². The standard InChI is InChI=1S/C35H50N4O7S2/c1-23(9-12-27-20-35(22-43-35)21-28(46-27)19-31(36)40)10-13-30-24(2)18-29(26(4)45-30)38-32(41)14-11-25(3)44-34(42)39(5)16-17-47-48-33-8-6-7-15-37-33/h6-12,14-15,24-30H,13,16-22H2,1-5H3,(H2,36,40)(H,38,41)/b12-9+,14-11-,23-10+/t24-,25-,26+,27+,28+,29+,30-,35+/m0/s1. The summed E-state index contributed by atoms with van der Waals surface area (Å²) in [6.07, 6.45) is 12.8. The summed E-state index contributed by atoms with van der Waals surface area (Å²) in [5.41, 5.74) is 6.33. The number of pyridine rings is 1. The van der Waals surface area contributed by atoms with Crippen LogP contribution in [0, 0.1) is 5.92 Å². The Hall–Kier alpha value is -2.84. The minimum Gasteiger partial charge on any atom is -0.442 e. The molecule has 0 aromatic carbocycles. The van der Waals surface area contributed by atoms with Crippen molar-refractivity contribution in [3.05, 3.63) is 60.3 Å². The number of nitrogens with zero attached hydrogens (tertiary/aromatic N) is 2. The van der Waals surface area contributed by atoms with Crippen molar-refractivity contribution < 1.29 is 33.3 Å². The van der Waals surface area contributed by atoms with E-state index in [0.717, 1.165) is 35.6 Å². The first-order valence-electron chi connectivity index (χ1n) is 16.6. The molecular weight excluding hydrogens is 653 g/mol. The quantitative estimate of drug-likeness (QED) is 0.0821. The Kier molecular flexibility index (Phi) is 14.4. The molecule has 3 amide bonds. The summed E-state index contributed by atoms with van der Waals surface area (Å²) in [5, 5.41) is 3.98. The van der Waals surface area contributed by atoms with E-state index < -0.39 is 12.2 Å². The van der Waals surface area contributed by atoms with E-state index >= 15 is 0 Å². The smallest absolute Gasteiger partial charge is 0.410 e. The van der Waals surface area contributed by atoms with Crippen LogP contribution in [-0.2, 0) is 28.5 Å². The van der Waals surface area contributed by atoms with Gasteiger partial charge < -0.3 is 34.9 Å². The summed E-state index contributed by atoms with van der Waals surface area (Å²) in [7, 11) is 4.88. The molecule has 264 valence electrons. The van der Waals surface area contributed by atoms with Crippen LogP contribution in [0.3, 0.4) is 0 Å². The number of aromatic nitrogens is 1. The molecule has 4 rings (SSSR count). The van der Waals surface area contributed by atoms with Crippen molar-refractivity contribution >= 4 is 39.5 Å². The molecule has 0 saturated carbocycles. The van der Waals surface area contributed by atoms with Gasteiger partial charge in [-0.1, -0.05) is 47.6 Å². The second kappa shape index (κ2) is 18.2. The third-order valence-corrected chi connectivity index (χ3v) is 11.0. The first kappa shape index (κ1) is 38.0. The molecule has 3 saturated heterocycles. The number of epoxide rings is 1. The Morgan fingerprint density at radius 3 is 2.73 bits per heavy atom. The zero-order valence-electron chi connectivity index (χ0n) is 28.5. The third-order valence-electron chi connectivity index (χ3n) is 8.72. The predicted molar refractivity (Wildman–Crippen MR) is 188 cm³/mol. The normalized spacial score (nSPS) is 29.6. The van der Waals surface area contributed by atoms with Crippen molar-refractivity contribution in [3.63, 3.8) is 0 Å². The highest BCUT2D eigenvalue weighted by Crippen LogP contribution is 2.43. The number of ether oxygens (including phenoxy) is 4. The highest BCUT2D eigenvalue weighted by Gasteiger charge is 2.51. The number of carbonyl (C=O) groups excluding carboxylic acids is 3. The lowest BCUT2D eigenvalue weighted by molar-refractivity contribution is -0.125. The van der Waals surface area contributed by atoms with Crippen molar-refractivity contribution in [2.75, 3.05) is 26.0 Å². The topological polar surface area (TPSA) is 146 Å². The molecule has 48 heavy (non-hydrogen) atoms. The lowest BCUT2D eigenvalue weighted by Crippen LogP contribution is -2.50. The van der Waals surface area contributed by atoms with Gasteiger partial charge in [0.2, 0.25) is 11.8 Å². The Morgan fingerprint density at radius 2 is 2.02 bits per heavy atom. The number of carbonyl (C=O) groups is 3. The van der Waals surface area contributed by atoms with E-state index in [1.807, 2.05) is 31.2 Å². The maximum atomic E-state index is 12.7. The van der Waals surface area contributed by atoms with Crippen LogP contribution in [0.2, 0.25) is 0 Å². The Bertz CT molecular complexity index is 1320. The van der Waals surface area contributed by atoms with E-state index in [1.165, 1.54) is 11.0 Å². The van der Waals surface area contributed by atoms with E-state index in [9.17, 15) is 14.4 Å². The Labute approximate surface area is 292 Å². The average Bonchev–Trinajstić information content (AvgIpc) is 3.79. The summed E-state index contributed by atoms with van der Waals surface area (Å²) in [6, 6.07) is 5.63. The van der Waals surface area contributed by atoms with Crippen molar-refractivity contribution in [1.82, 2.24) is 15.2 Å². The number of hydrogen-bond acceptors (Lipinski definition) is 10. The van der Waals surface area contributed by atoms with Crippen LogP contribution in [0.15, 0.2) is 65.4 Å². The molecule has 1 aromatic heterocycles. The monoisotopic (exact) mass is 702 g/mol. The fraction of sp³-hybridized carbons (Fsp3) is 0.600. The Morgan fingerprint density at radius 1 is 1.23 bits per heavy atom. The summed E-state index contributed by atoms with van der Waals surface area (Å²) < 4.78 is 23.6. The first-order chi connectivity index (χ1) is 22.9. The number of amides is 3. The summed E-state index contributed by atoms with van der Waals surface area (Å²) >= 11 is 0. The van der Waals surface area contributed by atoms with Crippen molar-refractivity contribution in [2.45, 2.75) is 107 Å². The molecule has 0 aliphatic carbocycles. The SMILES string of the molecule is CC(/C=C/[C@@H]1C[C@]2(CO2)C[C@@H](CC(N)=O)O1)=C\C[C@@H]1O[C@H](C)[C@H](NC(=O)/C=C\[C@H](C)OC(=O)N(C)CCSSc2ccccn2)C[C@@H]1C. The number of nitrogens with two attached hydrogens (primary N) is 1. The van der Waals surface area contributed by atoms with Crippen LogP contribution >= 0.6 is 21.6 Å². The van der Waals surface area contributed by atoms with Crippen molar-refractivity contribution in [1.29, 1.82) is 0 Å². The zero-order chi connectivity index (χ0) is 34.7. The van der Waals surface area contributed by atoms with Crippen LogP contribution in [0.25, 0.3) is 0 Å². The van der Waals surface area contributed by atoms with Crippen LogP contribution in [0.5, 0.6) is 0 Å². The molecule has 3 N–H and O–H groups in total. The van der Waals surface area contributed by atoms with Gasteiger partial charge in [-0.05, 0) is 68.5 Å². The fourth-order valence-electron chi connectivity index (χ4n) is 5.85. The van der Waals surface area contributed by atoms with Gasteiger partial charge >= 0.3 is 6.09 Å².